The number of hydrogen-bond donors (Lipinski definition) is 3. The fourth-order valence-electron chi connectivity index (χ4n) is 1.65. The van der Waals surface area contributed by atoms with Gasteiger partial charge in [-0.25, -0.2) is 18.4 Å². The van der Waals surface area contributed by atoms with Gasteiger partial charge in [-0.05, 0) is 24.6 Å². The first-order valence-corrected chi connectivity index (χ1v) is 6.14. The summed E-state index contributed by atoms with van der Waals surface area (Å²) >= 11 is 0. The van der Waals surface area contributed by atoms with Crippen molar-refractivity contribution in [3.63, 3.8) is 0 Å². The monoisotopic (exact) mass is 302 g/mol. The Bertz CT molecular complexity index is 523. The largest absolute Gasteiger partial charge is 0.478 e. The lowest BCUT2D eigenvalue weighted by molar-refractivity contribution is 0.0697. The van der Waals surface area contributed by atoms with E-state index in [0.717, 1.165) is 4.90 Å². The Morgan fingerprint density at radius 1 is 1.38 bits per heavy atom. The molecule has 116 valence electrons. The van der Waals surface area contributed by atoms with Crippen LogP contribution < -0.4 is 5.32 Å². The number of halogens is 2. The third-order valence-electron chi connectivity index (χ3n) is 2.74. The number of hydrogen-bond acceptors (Lipinski definition) is 3. The van der Waals surface area contributed by atoms with Gasteiger partial charge in [0.25, 0.3) is 6.43 Å². The smallest absolute Gasteiger partial charge is 0.335 e. The van der Waals surface area contributed by atoms with E-state index in [1.54, 1.807) is 6.92 Å². The van der Waals surface area contributed by atoms with Crippen molar-refractivity contribution in [1.82, 2.24) is 4.90 Å². The summed E-state index contributed by atoms with van der Waals surface area (Å²) in [6, 6.07) is 3.30. The molecule has 0 radical (unpaired) electrons. The molecule has 21 heavy (non-hydrogen) atoms. The molecule has 0 heterocycles. The van der Waals surface area contributed by atoms with Gasteiger partial charge in [0.1, 0.15) is 0 Å². The van der Waals surface area contributed by atoms with Crippen molar-refractivity contribution in [2.45, 2.75) is 13.3 Å². The van der Waals surface area contributed by atoms with E-state index >= 15 is 0 Å². The number of anilines is 1. The number of nitrogens with one attached hydrogen (secondary N) is 1. The molecule has 0 aromatic heterocycles. The maximum atomic E-state index is 12.4. The highest BCUT2D eigenvalue weighted by molar-refractivity contribution is 5.94. The average molecular weight is 302 g/mol. The van der Waals surface area contributed by atoms with Crippen LogP contribution in [0.2, 0.25) is 0 Å². The molecule has 0 atom stereocenters. The zero-order valence-corrected chi connectivity index (χ0v) is 11.3. The third-order valence-corrected chi connectivity index (χ3v) is 2.74. The predicted molar refractivity (Wildman–Crippen MR) is 71.8 cm³/mol. The van der Waals surface area contributed by atoms with Crippen LogP contribution in [-0.4, -0.2) is 53.2 Å². The summed E-state index contributed by atoms with van der Waals surface area (Å²) in [6.07, 6.45) is -2.73. The van der Waals surface area contributed by atoms with Crippen LogP contribution in [0.15, 0.2) is 18.2 Å². The standard InChI is InChI=1S/C13H16F2N2O4/c1-8-2-3-9(12(19)20)6-10(8)16-13(21)17(4-5-18)7-11(14)15/h2-3,6,11,18H,4-5,7H2,1H3,(H,16,21)(H,19,20). The maximum Gasteiger partial charge on any atom is 0.335 e. The SMILES string of the molecule is Cc1ccc(C(=O)O)cc1NC(=O)N(CCO)CC(F)F. The number of aliphatic hydroxyl groups is 1. The van der Waals surface area contributed by atoms with Gasteiger partial charge >= 0.3 is 12.0 Å². The molecule has 2 amide bonds. The molecular weight excluding hydrogens is 286 g/mol. The fraction of sp³-hybridized carbons (Fsp3) is 0.385. The first-order valence-electron chi connectivity index (χ1n) is 6.14. The van der Waals surface area contributed by atoms with Crippen molar-refractivity contribution in [2.75, 3.05) is 25.0 Å². The molecule has 1 aromatic rings. The van der Waals surface area contributed by atoms with E-state index in [0.29, 0.717) is 5.56 Å². The number of aliphatic hydroxyl groups excluding tert-OH is 1. The number of aryl methyl sites for hydroxylation is 1. The van der Waals surface area contributed by atoms with Crippen LogP contribution >= 0.6 is 0 Å². The molecule has 1 rings (SSSR count). The van der Waals surface area contributed by atoms with Crippen LogP contribution in [0, 0.1) is 6.92 Å². The second kappa shape index (κ2) is 7.53. The molecule has 0 saturated heterocycles. The fourth-order valence-corrected chi connectivity index (χ4v) is 1.65. The lowest BCUT2D eigenvalue weighted by Crippen LogP contribution is -2.40. The zero-order valence-electron chi connectivity index (χ0n) is 11.3. The molecule has 6 nitrogen and oxygen atoms in total. The van der Waals surface area contributed by atoms with Gasteiger partial charge in [0.05, 0.1) is 18.7 Å². The topological polar surface area (TPSA) is 89.9 Å². The predicted octanol–water partition coefficient (Wildman–Crippen LogP) is 1.78. The zero-order chi connectivity index (χ0) is 16.0. The van der Waals surface area contributed by atoms with Crippen molar-refractivity contribution in [3.05, 3.63) is 29.3 Å². The lowest BCUT2D eigenvalue weighted by Gasteiger charge is -2.22. The number of carboxylic acids is 1. The highest BCUT2D eigenvalue weighted by atomic mass is 19.3. The number of amides is 2. The number of benzene rings is 1. The summed E-state index contributed by atoms with van der Waals surface area (Å²) in [7, 11) is 0. The first-order chi connectivity index (χ1) is 9.85. The minimum absolute atomic E-state index is 0.0292. The molecule has 0 bridgehead atoms. The van der Waals surface area contributed by atoms with Crippen molar-refractivity contribution in [3.8, 4) is 0 Å². The van der Waals surface area contributed by atoms with E-state index < -0.39 is 31.6 Å². The summed E-state index contributed by atoms with van der Waals surface area (Å²) in [5.74, 6) is -1.16. The van der Waals surface area contributed by atoms with E-state index in [4.69, 9.17) is 10.2 Å². The van der Waals surface area contributed by atoms with Gasteiger partial charge in [-0.2, -0.15) is 0 Å². The molecule has 1 aromatic carbocycles. The number of urea groups is 1. The number of aromatic carboxylic acids is 1. The highest BCUT2D eigenvalue weighted by Gasteiger charge is 2.18. The molecule has 8 heteroatoms. The number of nitrogens with zero attached hydrogens (tertiary/aromatic N) is 1. The minimum Gasteiger partial charge on any atom is -0.478 e. The Balaban J connectivity index is 2.89. The van der Waals surface area contributed by atoms with E-state index in [1.807, 2.05) is 0 Å². The number of carbonyl (C=O) groups is 2. The van der Waals surface area contributed by atoms with Gasteiger partial charge in [-0.3, -0.25) is 0 Å². The van der Waals surface area contributed by atoms with Gasteiger partial charge < -0.3 is 20.4 Å². The van der Waals surface area contributed by atoms with Gasteiger partial charge in [0.2, 0.25) is 0 Å². The van der Waals surface area contributed by atoms with Crippen LogP contribution in [0.3, 0.4) is 0 Å². The average Bonchev–Trinajstić information content (AvgIpc) is 2.40. The Hall–Kier alpha value is -2.22. The summed E-state index contributed by atoms with van der Waals surface area (Å²) in [6.45, 7) is 0.136. The van der Waals surface area contributed by atoms with Crippen molar-refractivity contribution < 1.29 is 28.6 Å². The normalized spacial score (nSPS) is 10.5. The molecule has 0 aliphatic heterocycles. The van der Waals surface area contributed by atoms with Gasteiger partial charge in [-0.15, -0.1) is 0 Å². The molecule has 0 unspecified atom stereocenters. The van der Waals surface area contributed by atoms with E-state index in [9.17, 15) is 18.4 Å². The van der Waals surface area contributed by atoms with E-state index in [-0.39, 0.29) is 17.8 Å². The molecule has 0 fully saturated rings. The van der Waals surface area contributed by atoms with Gasteiger partial charge in [0, 0.05) is 12.2 Å². The van der Waals surface area contributed by atoms with Crippen molar-refractivity contribution in [1.29, 1.82) is 0 Å². The van der Waals surface area contributed by atoms with Gasteiger partial charge in [0.15, 0.2) is 0 Å². The molecule has 0 aliphatic rings. The second-order valence-electron chi connectivity index (χ2n) is 4.33. The maximum absolute atomic E-state index is 12.4. The number of alkyl halides is 2. The Morgan fingerprint density at radius 2 is 2.05 bits per heavy atom. The Kier molecular flexibility index (Phi) is 6.04. The van der Waals surface area contributed by atoms with E-state index in [2.05, 4.69) is 5.32 Å². The van der Waals surface area contributed by atoms with Crippen LogP contribution in [0.5, 0.6) is 0 Å². The van der Waals surface area contributed by atoms with Crippen LogP contribution in [-0.2, 0) is 0 Å². The summed E-state index contributed by atoms with van der Waals surface area (Å²) in [4.78, 5) is 23.5. The highest BCUT2D eigenvalue weighted by Crippen LogP contribution is 2.17. The summed E-state index contributed by atoms with van der Waals surface area (Å²) in [5, 5.41) is 20.1. The number of rotatable bonds is 6. The molecule has 3 N–H and O–H groups in total. The molecule has 0 spiro atoms. The molecule has 0 aliphatic carbocycles. The Labute approximate surface area is 120 Å². The number of carbonyl (C=O) groups excluding carboxylic acids is 1. The third kappa shape index (κ3) is 4.99. The minimum atomic E-state index is -2.73. The summed E-state index contributed by atoms with van der Waals surface area (Å²) in [5.41, 5.74) is 0.782. The van der Waals surface area contributed by atoms with E-state index in [1.165, 1.54) is 18.2 Å². The van der Waals surface area contributed by atoms with Gasteiger partial charge in [-0.1, -0.05) is 6.07 Å². The molecular formula is C13H16F2N2O4. The van der Waals surface area contributed by atoms with Crippen molar-refractivity contribution in [2.24, 2.45) is 0 Å². The van der Waals surface area contributed by atoms with Crippen LogP contribution in [0.4, 0.5) is 19.3 Å². The van der Waals surface area contributed by atoms with Crippen LogP contribution in [0.25, 0.3) is 0 Å². The summed E-state index contributed by atoms with van der Waals surface area (Å²) < 4.78 is 24.8. The van der Waals surface area contributed by atoms with Crippen LogP contribution in [0.1, 0.15) is 15.9 Å². The lowest BCUT2D eigenvalue weighted by atomic mass is 10.1. The van der Waals surface area contributed by atoms with Crippen molar-refractivity contribution >= 4 is 17.7 Å². The second-order valence-corrected chi connectivity index (χ2v) is 4.33. The molecule has 0 saturated carbocycles. The Morgan fingerprint density at radius 3 is 2.57 bits per heavy atom. The first kappa shape index (κ1) is 16.8. The quantitative estimate of drug-likeness (QED) is 0.747. The number of carboxylic acid groups (broad SMARTS) is 1.